The molecule has 0 amide bonds. The Morgan fingerprint density at radius 3 is 2.93 bits per heavy atom. The standard InChI is InChI=1S/C10H10ClFO2/c1-10(6-14-10)5-13-7-2-3-9(12)8(11)4-7/h2-4H,5-6H2,1H3. The molecular formula is C10H10ClFO2. The lowest BCUT2D eigenvalue weighted by Crippen LogP contribution is -2.16. The molecule has 1 fully saturated rings. The zero-order valence-electron chi connectivity index (χ0n) is 7.72. The highest BCUT2D eigenvalue weighted by Crippen LogP contribution is 2.28. The summed E-state index contributed by atoms with van der Waals surface area (Å²) in [6, 6.07) is 4.29. The van der Waals surface area contributed by atoms with E-state index in [4.69, 9.17) is 21.1 Å². The monoisotopic (exact) mass is 216 g/mol. The lowest BCUT2D eigenvalue weighted by atomic mass is 10.2. The van der Waals surface area contributed by atoms with Gasteiger partial charge >= 0.3 is 0 Å². The fourth-order valence-electron chi connectivity index (χ4n) is 1.01. The zero-order valence-corrected chi connectivity index (χ0v) is 8.47. The van der Waals surface area contributed by atoms with Crippen LogP contribution < -0.4 is 4.74 Å². The quantitative estimate of drug-likeness (QED) is 0.725. The van der Waals surface area contributed by atoms with E-state index in [0.717, 1.165) is 0 Å². The molecule has 0 saturated carbocycles. The van der Waals surface area contributed by atoms with Crippen LogP contribution in [0.4, 0.5) is 4.39 Å². The summed E-state index contributed by atoms with van der Waals surface area (Å²) in [5, 5.41) is 0.0735. The van der Waals surface area contributed by atoms with Gasteiger partial charge in [-0.25, -0.2) is 4.39 Å². The van der Waals surface area contributed by atoms with E-state index in [0.29, 0.717) is 19.0 Å². The lowest BCUT2D eigenvalue weighted by Gasteiger charge is -2.08. The Morgan fingerprint density at radius 2 is 2.36 bits per heavy atom. The van der Waals surface area contributed by atoms with E-state index in [1.807, 2.05) is 6.92 Å². The van der Waals surface area contributed by atoms with Crippen LogP contribution in [0.5, 0.6) is 5.75 Å². The van der Waals surface area contributed by atoms with Crippen LogP contribution in [0, 0.1) is 5.82 Å². The second-order valence-electron chi connectivity index (χ2n) is 3.60. The fraction of sp³-hybridized carbons (Fsp3) is 0.400. The Morgan fingerprint density at radius 1 is 1.64 bits per heavy atom. The van der Waals surface area contributed by atoms with Crippen molar-refractivity contribution in [2.45, 2.75) is 12.5 Å². The van der Waals surface area contributed by atoms with Crippen LogP contribution in [-0.2, 0) is 4.74 Å². The van der Waals surface area contributed by atoms with Crippen molar-refractivity contribution in [2.24, 2.45) is 0 Å². The second-order valence-corrected chi connectivity index (χ2v) is 4.01. The predicted octanol–water partition coefficient (Wildman–Crippen LogP) is 2.65. The van der Waals surface area contributed by atoms with E-state index < -0.39 is 5.82 Å². The first kappa shape index (κ1) is 9.74. The van der Waals surface area contributed by atoms with E-state index in [1.165, 1.54) is 12.1 Å². The molecule has 1 aliphatic rings. The maximum Gasteiger partial charge on any atom is 0.142 e. The maximum atomic E-state index is 12.8. The number of benzene rings is 1. The van der Waals surface area contributed by atoms with Crippen molar-refractivity contribution in [3.63, 3.8) is 0 Å². The molecule has 0 radical (unpaired) electrons. The maximum absolute atomic E-state index is 12.8. The van der Waals surface area contributed by atoms with Gasteiger partial charge in [-0.1, -0.05) is 11.6 Å². The SMILES string of the molecule is CC1(COc2ccc(F)c(Cl)c2)CO1. The molecular weight excluding hydrogens is 207 g/mol. The first-order chi connectivity index (χ1) is 6.59. The number of rotatable bonds is 3. The minimum absolute atomic E-state index is 0.0735. The lowest BCUT2D eigenvalue weighted by molar-refractivity contribution is 0.202. The molecule has 2 rings (SSSR count). The second kappa shape index (κ2) is 3.41. The third kappa shape index (κ3) is 2.16. The Labute approximate surface area is 86.6 Å². The van der Waals surface area contributed by atoms with Gasteiger partial charge in [-0.2, -0.15) is 0 Å². The molecule has 0 N–H and O–H groups in total. The first-order valence-electron chi connectivity index (χ1n) is 4.31. The van der Waals surface area contributed by atoms with Gasteiger partial charge in [0.25, 0.3) is 0 Å². The van der Waals surface area contributed by atoms with Crippen LogP contribution >= 0.6 is 11.6 Å². The predicted molar refractivity (Wildman–Crippen MR) is 51.3 cm³/mol. The molecule has 0 aromatic heterocycles. The van der Waals surface area contributed by atoms with Crippen molar-refractivity contribution in [1.29, 1.82) is 0 Å². The Balaban J connectivity index is 1.99. The van der Waals surface area contributed by atoms with Crippen molar-refractivity contribution >= 4 is 11.6 Å². The molecule has 0 aliphatic carbocycles. The Kier molecular flexibility index (Phi) is 2.37. The van der Waals surface area contributed by atoms with Gasteiger partial charge < -0.3 is 9.47 Å². The Bertz CT molecular complexity index is 350. The number of hydrogen-bond acceptors (Lipinski definition) is 2. The van der Waals surface area contributed by atoms with Gasteiger partial charge in [0.15, 0.2) is 0 Å². The molecule has 1 unspecified atom stereocenters. The highest BCUT2D eigenvalue weighted by molar-refractivity contribution is 6.30. The molecule has 76 valence electrons. The normalized spacial score (nSPS) is 24.8. The molecule has 4 heteroatoms. The van der Waals surface area contributed by atoms with E-state index >= 15 is 0 Å². The summed E-state index contributed by atoms with van der Waals surface area (Å²) >= 11 is 5.59. The van der Waals surface area contributed by atoms with Gasteiger partial charge in [-0.15, -0.1) is 0 Å². The van der Waals surface area contributed by atoms with E-state index in [1.54, 1.807) is 6.07 Å². The van der Waals surface area contributed by atoms with Crippen molar-refractivity contribution in [3.8, 4) is 5.75 Å². The molecule has 2 nitrogen and oxygen atoms in total. The number of ether oxygens (including phenoxy) is 2. The topological polar surface area (TPSA) is 21.8 Å². The molecule has 1 heterocycles. The molecule has 0 bridgehead atoms. The Hall–Kier alpha value is -0.800. The van der Waals surface area contributed by atoms with E-state index in [2.05, 4.69) is 0 Å². The third-order valence-corrected chi connectivity index (χ3v) is 2.36. The van der Waals surface area contributed by atoms with Crippen LogP contribution in [0.15, 0.2) is 18.2 Å². The minimum atomic E-state index is -0.437. The highest BCUT2D eigenvalue weighted by atomic mass is 35.5. The molecule has 0 spiro atoms. The van der Waals surface area contributed by atoms with Crippen LogP contribution in [0.3, 0.4) is 0 Å². The average molecular weight is 217 g/mol. The summed E-state index contributed by atoms with van der Waals surface area (Å²) < 4.78 is 23.3. The van der Waals surface area contributed by atoms with Gasteiger partial charge in [-0.3, -0.25) is 0 Å². The molecule has 1 atom stereocenters. The molecule has 1 aromatic carbocycles. The van der Waals surface area contributed by atoms with Gasteiger partial charge in [0.05, 0.1) is 11.6 Å². The van der Waals surface area contributed by atoms with E-state index in [-0.39, 0.29) is 10.6 Å². The van der Waals surface area contributed by atoms with Gasteiger partial charge in [-0.05, 0) is 19.1 Å². The van der Waals surface area contributed by atoms with Crippen LogP contribution in [0.25, 0.3) is 0 Å². The van der Waals surface area contributed by atoms with Crippen molar-refractivity contribution in [3.05, 3.63) is 29.0 Å². The largest absolute Gasteiger partial charge is 0.490 e. The summed E-state index contributed by atoms with van der Waals surface area (Å²) in [4.78, 5) is 0. The summed E-state index contributed by atoms with van der Waals surface area (Å²) in [5.41, 5.74) is -0.166. The third-order valence-electron chi connectivity index (χ3n) is 2.07. The summed E-state index contributed by atoms with van der Waals surface area (Å²) in [7, 11) is 0. The average Bonchev–Trinajstić information content (AvgIpc) is 2.87. The van der Waals surface area contributed by atoms with Crippen molar-refractivity contribution < 1.29 is 13.9 Å². The van der Waals surface area contributed by atoms with Gasteiger partial charge in [0.2, 0.25) is 0 Å². The number of epoxide rings is 1. The summed E-state index contributed by atoms with van der Waals surface area (Å²) in [6.07, 6.45) is 0. The highest BCUT2D eigenvalue weighted by Gasteiger charge is 2.40. The molecule has 1 aliphatic heterocycles. The van der Waals surface area contributed by atoms with E-state index in [9.17, 15) is 4.39 Å². The molecule has 1 saturated heterocycles. The van der Waals surface area contributed by atoms with Crippen molar-refractivity contribution in [1.82, 2.24) is 0 Å². The summed E-state index contributed by atoms with van der Waals surface area (Å²) in [6.45, 7) is 3.13. The van der Waals surface area contributed by atoms with Crippen LogP contribution in [-0.4, -0.2) is 18.8 Å². The van der Waals surface area contributed by atoms with Crippen LogP contribution in [0.1, 0.15) is 6.92 Å². The number of hydrogen-bond donors (Lipinski definition) is 0. The first-order valence-corrected chi connectivity index (χ1v) is 4.69. The van der Waals surface area contributed by atoms with Crippen molar-refractivity contribution in [2.75, 3.05) is 13.2 Å². The van der Waals surface area contributed by atoms with Gasteiger partial charge in [0.1, 0.15) is 23.8 Å². The fourth-order valence-corrected chi connectivity index (χ4v) is 1.18. The smallest absolute Gasteiger partial charge is 0.142 e. The molecule has 14 heavy (non-hydrogen) atoms. The minimum Gasteiger partial charge on any atom is -0.490 e. The van der Waals surface area contributed by atoms with Gasteiger partial charge in [0, 0.05) is 6.07 Å². The summed E-state index contributed by atoms with van der Waals surface area (Å²) in [5.74, 6) is 0.126. The van der Waals surface area contributed by atoms with Crippen LogP contribution in [0.2, 0.25) is 5.02 Å². The number of halogens is 2. The zero-order chi connectivity index (χ0) is 10.2. The molecule has 1 aromatic rings.